The van der Waals surface area contributed by atoms with Crippen LogP contribution in [0, 0.1) is 11.6 Å². The molecule has 0 spiro atoms. The van der Waals surface area contributed by atoms with E-state index in [0.29, 0.717) is 10.6 Å². The fraction of sp³-hybridized carbons (Fsp3) is 0.250. The average molecular weight is 336 g/mol. The first-order valence-electron chi connectivity index (χ1n) is 7.15. The lowest BCUT2D eigenvalue weighted by molar-refractivity contribution is -0.115. The first-order valence-corrected chi connectivity index (χ1v) is 8.03. The molecule has 1 saturated carbocycles. The van der Waals surface area contributed by atoms with Gasteiger partial charge in [0.15, 0.2) is 0 Å². The fourth-order valence-corrected chi connectivity index (χ4v) is 2.91. The molecule has 2 aromatic rings. The van der Waals surface area contributed by atoms with Crippen LogP contribution in [0.25, 0.3) is 0 Å². The number of amides is 2. The van der Waals surface area contributed by atoms with Gasteiger partial charge in [-0.25, -0.2) is 8.78 Å². The van der Waals surface area contributed by atoms with Gasteiger partial charge in [-0.1, -0.05) is 6.07 Å². The van der Waals surface area contributed by atoms with Gasteiger partial charge in [0, 0.05) is 11.6 Å². The molecule has 4 nitrogen and oxygen atoms in total. The van der Waals surface area contributed by atoms with Crippen molar-refractivity contribution in [1.29, 1.82) is 0 Å². The summed E-state index contributed by atoms with van der Waals surface area (Å²) < 4.78 is 27.1. The molecule has 7 heteroatoms. The van der Waals surface area contributed by atoms with Gasteiger partial charge in [0.1, 0.15) is 16.6 Å². The minimum Gasteiger partial charge on any atom is -0.349 e. The van der Waals surface area contributed by atoms with Crippen molar-refractivity contribution in [1.82, 2.24) is 5.32 Å². The van der Waals surface area contributed by atoms with Gasteiger partial charge in [-0.2, -0.15) is 0 Å². The van der Waals surface area contributed by atoms with E-state index in [1.54, 1.807) is 11.4 Å². The van der Waals surface area contributed by atoms with Crippen molar-refractivity contribution >= 4 is 28.2 Å². The molecule has 0 bridgehead atoms. The van der Waals surface area contributed by atoms with Gasteiger partial charge in [0.2, 0.25) is 5.91 Å². The summed E-state index contributed by atoms with van der Waals surface area (Å²) in [7, 11) is 0. The first kappa shape index (κ1) is 15.6. The third-order valence-corrected chi connectivity index (χ3v) is 4.30. The molecule has 3 rings (SSSR count). The van der Waals surface area contributed by atoms with Crippen molar-refractivity contribution in [2.75, 3.05) is 5.32 Å². The first-order chi connectivity index (χ1) is 11.0. The summed E-state index contributed by atoms with van der Waals surface area (Å²) in [5.74, 6) is -2.35. The van der Waals surface area contributed by atoms with Crippen LogP contribution >= 0.6 is 11.3 Å². The van der Waals surface area contributed by atoms with E-state index >= 15 is 0 Å². The Kier molecular flexibility index (Phi) is 4.38. The summed E-state index contributed by atoms with van der Waals surface area (Å²) in [6.07, 6.45) is 1.49. The highest BCUT2D eigenvalue weighted by atomic mass is 32.1. The van der Waals surface area contributed by atoms with Crippen molar-refractivity contribution in [3.05, 3.63) is 52.4 Å². The Balaban J connectivity index is 1.68. The van der Waals surface area contributed by atoms with Crippen molar-refractivity contribution in [2.45, 2.75) is 25.3 Å². The molecule has 2 N–H and O–H groups in total. The lowest BCUT2D eigenvalue weighted by Crippen LogP contribution is -2.26. The minimum atomic E-state index is -0.766. The van der Waals surface area contributed by atoms with Crippen LogP contribution in [0.2, 0.25) is 0 Å². The second-order valence-electron chi connectivity index (χ2n) is 5.34. The Bertz CT molecular complexity index is 736. The zero-order chi connectivity index (χ0) is 16.4. The van der Waals surface area contributed by atoms with Crippen LogP contribution < -0.4 is 10.6 Å². The average Bonchev–Trinajstić information content (AvgIpc) is 3.19. The fourth-order valence-electron chi connectivity index (χ4n) is 2.11. The van der Waals surface area contributed by atoms with Gasteiger partial charge in [0.25, 0.3) is 5.91 Å². The van der Waals surface area contributed by atoms with E-state index in [1.165, 1.54) is 17.4 Å². The number of thiophene rings is 1. The Morgan fingerprint density at radius 2 is 1.87 bits per heavy atom. The van der Waals surface area contributed by atoms with Crippen molar-refractivity contribution in [2.24, 2.45) is 0 Å². The van der Waals surface area contributed by atoms with Crippen LogP contribution in [-0.2, 0) is 11.2 Å². The Morgan fingerprint density at radius 1 is 1.17 bits per heavy atom. The number of nitrogens with one attached hydrogen (secondary N) is 2. The predicted molar refractivity (Wildman–Crippen MR) is 83.5 cm³/mol. The van der Waals surface area contributed by atoms with E-state index in [1.807, 2.05) is 0 Å². The predicted octanol–water partition coefficient (Wildman–Crippen LogP) is 3.10. The maximum absolute atomic E-state index is 13.6. The monoisotopic (exact) mass is 336 g/mol. The van der Waals surface area contributed by atoms with Gasteiger partial charge in [-0.05, 0) is 36.4 Å². The molecule has 120 valence electrons. The number of rotatable bonds is 5. The third-order valence-electron chi connectivity index (χ3n) is 3.47. The number of carbonyl (C=O) groups excluding carboxylic acids is 2. The third kappa shape index (κ3) is 3.73. The molecule has 1 aliphatic rings. The molecule has 1 aromatic heterocycles. The lowest BCUT2D eigenvalue weighted by atomic mass is 10.1. The molecule has 0 radical (unpaired) electrons. The molecule has 1 fully saturated rings. The highest BCUT2D eigenvalue weighted by Gasteiger charge is 2.25. The van der Waals surface area contributed by atoms with E-state index in [2.05, 4.69) is 10.6 Å². The smallest absolute Gasteiger partial charge is 0.254 e. The lowest BCUT2D eigenvalue weighted by Gasteiger charge is -2.08. The van der Waals surface area contributed by atoms with Crippen molar-refractivity contribution < 1.29 is 18.4 Å². The Labute approximate surface area is 135 Å². The zero-order valence-corrected chi connectivity index (χ0v) is 12.9. The van der Waals surface area contributed by atoms with Crippen LogP contribution in [0.1, 0.15) is 28.8 Å². The molecule has 0 aliphatic heterocycles. The maximum atomic E-state index is 13.6. The van der Waals surface area contributed by atoms with E-state index < -0.39 is 24.0 Å². The summed E-state index contributed by atoms with van der Waals surface area (Å²) in [4.78, 5) is 24.1. The van der Waals surface area contributed by atoms with E-state index in [0.717, 1.165) is 25.0 Å². The Hall–Kier alpha value is -2.28. The molecule has 23 heavy (non-hydrogen) atoms. The summed E-state index contributed by atoms with van der Waals surface area (Å²) in [5.41, 5.74) is 0.0785. The second kappa shape index (κ2) is 6.45. The molecule has 2 amide bonds. The number of hydrogen-bond donors (Lipinski definition) is 2. The number of halogens is 2. The summed E-state index contributed by atoms with van der Waals surface area (Å²) in [5, 5.41) is 7.45. The summed E-state index contributed by atoms with van der Waals surface area (Å²) >= 11 is 1.19. The molecule has 1 heterocycles. The van der Waals surface area contributed by atoms with Gasteiger partial charge in [-0.3, -0.25) is 9.59 Å². The van der Waals surface area contributed by atoms with Gasteiger partial charge >= 0.3 is 0 Å². The van der Waals surface area contributed by atoms with Crippen LogP contribution in [0.3, 0.4) is 0 Å². The number of carbonyl (C=O) groups is 2. The highest BCUT2D eigenvalue weighted by Crippen LogP contribution is 2.26. The van der Waals surface area contributed by atoms with Gasteiger partial charge in [0.05, 0.1) is 12.0 Å². The van der Waals surface area contributed by atoms with Crippen LogP contribution in [0.5, 0.6) is 0 Å². The molecular formula is C16H14F2N2O2S. The molecule has 0 atom stereocenters. The number of benzene rings is 1. The summed E-state index contributed by atoms with van der Waals surface area (Å²) in [6.45, 7) is 0. The van der Waals surface area contributed by atoms with Gasteiger partial charge < -0.3 is 10.6 Å². The topological polar surface area (TPSA) is 58.2 Å². The maximum Gasteiger partial charge on any atom is 0.254 e. The Morgan fingerprint density at radius 3 is 2.52 bits per heavy atom. The number of anilines is 1. The molecule has 0 saturated heterocycles. The summed E-state index contributed by atoms with van der Waals surface area (Å²) in [6, 6.07) is 5.27. The quantitative estimate of drug-likeness (QED) is 0.881. The van der Waals surface area contributed by atoms with Crippen LogP contribution in [-0.4, -0.2) is 17.9 Å². The zero-order valence-electron chi connectivity index (χ0n) is 12.1. The van der Waals surface area contributed by atoms with E-state index in [4.69, 9.17) is 0 Å². The molecule has 0 unspecified atom stereocenters. The van der Waals surface area contributed by atoms with E-state index in [-0.39, 0.29) is 17.5 Å². The van der Waals surface area contributed by atoms with Crippen LogP contribution in [0.4, 0.5) is 13.8 Å². The van der Waals surface area contributed by atoms with E-state index in [9.17, 15) is 18.4 Å². The van der Waals surface area contributed by atoms with Gasteiger partial charge in [-0.15, -0.1) is 11.3 Å². The molecule has 1 aromatic carbocycles. The molecular weight excluding hydrogens is 322 g/mol. The standard InChI is InChI=1S/C16H14F2N2O2S/c17-12-2-1-3-13(18)11(12)8-14(21)20-16-10(6-7-23-16)15(22)19-9-4-5-9/h1-3,6-7,9H,4-5,8H2,(H,19,22)(H,20,21). The SMILES string of the molecule is O=C(Cc1c(F)cccc1F)Nc1sccc1C(=O)NC1CC1. The van der Waals surface area contributed by atoms with Crippen molar-refractivity contribution in [3.63, 3.8) is 0 Å². The van der Waals surface area contributed by atoms with Crippen LogP contribution in [0.15, 0.2) is 29.6 Å². The highest BCUT2D eigenvalue weighted by molar-refractivity contribution is 7.14. The second-order valence-corrected chi connectivity index (χ2v) is 6.25. The minimum absolute atomic E-state index is 0.207. The molecule has 1 aliphatic carbocycles. The van der Waals surface area contributed by atoms with Crippen molar-refractivity contribution in [3.8, 4) is 0 Å². The largest absolute Gasteiger partial charge is 0.349 e. The number of hydrogen-bond acceptors (Lipinski definition) is 3. The normalized spacial score (nSPS) is 13.7.